The zero-order chi connectivity index (χ0) is 14.5. The van der Waals surface area contributed by atoms with Crippen LogP contribution in [0.1, 0.15) is 11.1 Å². The molecule has 21 heavy (non-hydrogen) atoms. The first-order valence-corrected chi connectivity index (χ1v) is 7.36. The van der Waals surface area contributed by atoms with Crippen LogP contribution in [-0.2, 0) is 17.8 Å². The molecular weight excluding hydrogens is 265 g/mol. The third-order valence-corrected chi connectivity index (χ3v) is 3.91. The van der Waals surface area contributed by atoms with Crippen molar-refractivity contribution in [3.63, 3.8) is 0 Å². The molecule has 0 saturated carbocycles. The van der Waals surface area contributed by atoms with E-state index in [0.29, 0.717) is 6.61 Å². The van der Waals surface area contributed by atoms with E-state index in [4.69, 9.17) is 4.74 Å². The van der Waals surface area contributed by atoms with E-state index >= 15 is 0 Å². The van der Waals surface area contributed by atoms with Crippen LogP contribution < -0.4 is 0 Å². The molecule has 2 nitrogen and oxygen atoms in total. The smallest absolute Gasteiger partial charge is 0.141 e. The van der Waals surface area contributed by atoms with E-state index in [1.165, 1.54) is 11.1 Å². The Kier molecular flexibility index (Phi) is 4.63. The van der Waals surface area contributed by atoms with Crippen LogP contribution in [0.15, 0.2) is 60.7 Å². The molecule has 2 aromatic rings. The second kappa shape index (κ2) is 6.83. The largest absolute Gasteiger partial charge is 0.377 e. The zero-order valence-electron chi connectivity index (χ0n) is 12.0. The second-order valence-electron chi connectivity index (χ2n) is 5.50. The molecular formula is C18H20FNO. The zero-order valence-corrected chi connectivity index (χ0v) is 12.0. The monoisotopic (exact) mass is 285 g/mol. The predicted octanol–water partition coefficient (Wildman–Crippen LogP) is 3.43. The van der Waals surface area contributed by atoms with Crippen LogP contribution in [0, 0.1) is 0 Å². The topological polar surface area (TPSA) is 12.5 Å². The Morgan fingerprint density at radius 2 is 1.38 bits per heavy atom. The highest BCUT2D eigenvalue weighted by Crippen LogP contribution is 2.21. The van der Waals surface area contributed by atoms with Gasteiger partial charge >= 0.3 is 0 Å². The lowest BCUT2D eigenvalue weighted by atomic mass is 10.1. The number of nitrogens with zero attached hydrogens (tertiary/aromatic N) is 1. The average molecular weight is 285 g/mol. The van der Waals surface area contributed by atoms with E-state index in [0.717, 1.165) is 13.1 Å². The lowest BCUT2D eigenvalue weighted by molar-refractivity contribution is 0.120. The van der Waals surface area contributed by atoms with Crippen LogP contribution >= 0.6 is 0 Å². The van der Waals surface area contributed by atoms with Gasteiger partial charge in [-0.15, -0.1) is 0 Å². The van der Waals surface area contributed by atoms with Crippen LogP contribution in [0.2, 0.25) is 0 Å². The number of hydrogen-bond donors (Lipinski definition) is 0. The predicted molar refractivity (Wildman–Crippen MR) is 81.6 cm³/mol. The van der Waals surface area contributed by atoms with E-state index in [1.807, 2.05) is 36.4 Å². The quantitative estimate of drug-likeness (QED) is 0.834. The average Bonchev–Trinajstić information content (AvgIpc) is 2.95. The summed E-state index contributed by atoms with van der Waals surface area (Å²) in [7, 11) is 0. The van der Waals surface area contributed by atoms with Crippen molar-refractivity contribution in [2.24, 2.45) is 0 Å². The van der Waals surface area contributed by atoms with Gasteiger partial charge in [-0.3, -0.25) is 4.90 Å². The summed E-state index contributed by atoms with van der Waals surface area (Å²) in [5.74, 6) is 0. The molecule has 0 bridgehead atoms. The van der Waals surface area contributed by atoms with Gasteiger partial charge in [-0.25, -0.2) is 4.39 Å². The summed E-state index contributed by atoms with van der Waals surface area (Å²) >= 11 is 0. The number of ether oxygens (including phenoxy) is 1. The SMILES string of the molecule is F[C@@H]1COC[C@@H]1N(Cc1ccccc1)Cc1ccccc1. The highest BCUT2D eigenvalue weighted by Gasteiger charge is 2.33. The summed E-state index contributed by atoms with van der Waals surface area (Å²) in [5, 5.41) is 0. The first-order chi connectivity index (χ1) is 10.3. The number of halogens is 1. The van der Waals surface area contributed by atoms with Gasteiger partial charge in [-0.1, -0.05) is 60.7 Å². The normalized spacial score (nSPS) is 21.8. The summed E-state index contributed by atoms with van der Waals surface area (Å²) < 4.78 is 19.4. The molecule has 110 valence electrons. The molecule has 1 aliphatic rings. The lowest BCUT2D eigenvalue weighted by Crippen LogP contribution is -2.40. The standard InChI is InChI=1S/C18H20FNO/c19-17-13-21-14-18(17)20(11-15-7-3-1-4-8-15)12-16-9-5-2-6-10-16/h1-10,17-18H,11-14H2/t17-,18+/m1/s1. The fraction of sp³-hybridized carbons (Fsp3) is 0.333. The van der Waals surface area contributed by atoms with Gasteiger partial charge < -0.3 is 4.74 Å². The van der Waals surface area contributed by atoms with Crippen LogP contribution in [0.4, 0.5) is 4.39 Å². The van der Waals surface area contributed by atoms with E-state index in [-0.39, 0.29) is 12.6 Å². The first kappa shape index (κ1) is 14.2. The highest BCUT2D eigenvalue weighted by molar-refractivity contribution is 5.17. The Bertz CT molecular complexity index is 504. The molecule has 1 fully saturated rings. The summed E-state index contributed by atoms with van der Waals surface area (Å²) in [6.07, 6.45) is -0.905. The minimum Gasteiger partial charge on any atom is -0.377 e. The molecule has 0 N–H and O–H groups in total. The van der Waals surface area contributed by atoms with Gasteiger partial charge in [-0.05, 0) is 11.1 Å². The Morgan fingerprint density at radius 1 is 0.857 bits per heavy atom. The molecule has 2 atom stereocenters. The molecule has 0 unspecified atom stereocenters. The minimum absolute atomic E-state index is 0.162. The van der Waals surface area contributed by atoms with Crippen molar-refractivity contribution < 1.29 is 9.13 Å². The van der Waals surface area contributed by atoms with Gasteiger partial charge in [0, 0.05) is 13.1 Å². The number of benzene rings is 2. The van der Waals surface area contributed by atoms with Crippen molar-refractivity contribution in [1.29, 1.82) is 0 Å². The van der Waals surface area contributed by atoms with Crippen LogP contribution in [0.25, 0.3) is 0 Å². The summed E-state index contributed by atoms with van der Waals surface area (Å²) in [6, 6.07) is 20.3. The fourth-order valence-electron chi connectivity index (χ4n) is 2.78. The van der Waals surface area contributed by atoms with Gasteiger partial charge in [0.2, 0.25) is 0 Å². The maximum absolute atomic E-state index is 14.1. The maximum atomic E-state index is 14.1. The minimum atomic E-state index is -0.905. The van der Waals surface area contributed by atoms with Crippen molar-refractivity contribution >= 4 is 0 Å². The number of rotatable bonds is 5. The Labute approximate surface area is 125 Å². The van der Waals surface area contributed by atoms with Crippen LogP contribution in [0.3, 0.4) is 0 Å². The van der Waals surface area contributed by atoms with Crippen molar-refractivity contribution in [2.75, 3.05) is 13.2 Å². The molecule has 0 amide bonds. The summed E-state index contributed by atoms with van der Waals surface area (Å²) in [5.41, 5.74) is 2.40. The summed E-state index contributed by atoms with van der Waals surface area (Å²) in [6.45, 7) is 2.17. The van der Waals surface area contributed by atoms with Crippen molar-refractivity contribution in [3.8, 4) is 0 Å². The maximum Gasteiger partial charge on any atom is 0.141 e. The fourth-order valence-corrected chi connectivity index (χ4v) is 2.78. The molecule has 1 aliphatic heterocycles. The molecule has 0 aromatic heterocycles. The number of hydrogen-bond acceptors (Lipinski definition) is 2. The third kappa shape index (κ3) is 3.69. The third-order valence-electron chi connectivity index (χ3n) is 3.91. The molecule has 1 heterocycles. The number of alkyl halides is 1. The molecule has 0 spiro atoms. The van der Waals surface area contributed by atoms with E-state index < -0.39 is 6.17 Å². The van der Waals surface area contributed by atoms with Crippen LogP contribution in [0.5, 0.6) is 0 Å². The van der Waals surface area contributed by atoms with Gasteiger partial charge in [0.05, 0.1) is 19.3 Å². The van der Waals surface area contributed by atoms with Gasteiger partial charge in [0.1, 0.15) is 6.17 Å². The molecule has 0 radical (unpaired) electrons. The second-order valence-corrected chi connectivity index (χ2v) is 5.50. The molecule has 3 rings (SSSR count). The van der Waals surface area contributed by atoms with Gasteiger partial charge in [0.15, 0.2) is 0 Å². The van der Waals surface area contributed by atoms with Gasteiger partial charge in [0.25, 0.3) is 0 Å². The van der Waals surface area contributed by atoms with Crippen molar-refractivity contribution in [2.45, 2.75) is 25.3 Å². The summed E-state index contributed by atoms with van der Waals surface area (Å²) in [4.78, 5) is 2.18. The van der Waals surface area contributed by atoms with E-state index in [9.17, 15) is 4.39 Å². The van der Waals surface area contributed by atoms with Crippen molar-refractivity contribution in [1.82, 2.24) is 4.90 Å². The molecule has 2 aromatic carbocycles. The molecule has 0 aliphatic carbocycles. The Balaban J connectivity index is 1.77. The highest BCUT2D eigenvalue weighted by atomic mass is 19.1. The van der Waals surface area contributed by atoms with Gasteiger partial charge in [-0.2, -0.15) is 0 Å². The lowest BCUT2D eigenvalue weighted by Gasteiger charge is -2.29. The molecule has 1 saturated heterocycles. The Hall–Kier alpha value is -1.71. The van der Waals surface area contributed by atoms with Crippen LogP contribution in [-0.4, -0.2) is 30.3 Å². The Morgan fingerprint density at radius 3 is 1.81 bits per heavy atom. The first-order valence-electron chi connectivity index (χ1n) is 7.36. The van der Waals surface area contributed by atoms with Crippen molar-refractivity contribution in [3.05, 3.63) is 71.8 Å². The van der Waals surface area contributed by atoms with E-state index in [2.05, 4.69) is 29.2 Å². The van der Waals surface area contributed by atoms with E-state index in [1.54, 1.807) is 0 Å². The molecule has 3 heteroatoms.